The minimum absolute atomic E-state index is 0.0392. The molecule has 0 spiro atoms. The monoisotopic (exact) mass is 415 g/mol. The molecule has 3 rings (SSSR count). The molecule has 2 aromatic carbocycles. The standard InChI is InChI=1S/C19H15BrFN3O2/c1-10-14(20)3-4-15(21)17(10)19(25)24-12-2-5-16(22)13(8-12)18(23)11-6-7-26-9-11/h2-9,23H,22H2,1H3,(H,24,25). The summed E-state index contributed by atoms with van der Waals surface area (Å²) < 4.78 is 19.7. The lowest BCUT2D eigenvalue weighted by Gasteiger charge is -2.12. The van der Waals surface area contributed by atoms with Gasteiger partial charge in [0, 0.05) is 27.0 Å². The van der Waals surface area contributed by atoms with Crippen LogP contribution in [0.25, 0.3) is 0 Å². The average molecular weight is 416 g/mol. The Kier molecular flexibility index (Phi) is 4.90. The van der Waals surface area contributed by atoms with Crippen LogP contribution in [0.15, 0.2) is 57.8 Å². The number of carbonyl (C=O) groups is 1. The molecular formula is C19H15BrFN3O2. The number of furan rings is 1. The van der Waals surface area contributed by atoms with Crippen molar-refractivity contribution in [1.82, 2.24) is 0 Å². The fourth-order valence-corrected chi connectivity index (χ4v) is 2.87. The SMILES string of the molecule is Cc1c(Br)ccc(F)c1C(=O)Nc1ccc(N)c(C(=N)c2ccoc2)c1. The van der Waals surface area contributed by atoms with E-state index in [1.165, 1.54) is 18.6 Å². The molecule has 0 saturated carbocycles. The lowest BCUT2D eigenvalue weighted by Crippen LogP contribution is -2.16. The van der Waals surface area contributed by atoms with Crippen LogP contribution in [0.2, 0.25) is 0 Å². The van der Waals surface area contributed by atoms with E-state index in [0.717, 1.165) is 0 Å². The number of rotatable bonds is 4. The minimum atomic E-state index is -0.606. The van der Waals surface area contributed by atoms with Crippen LogP contribution in [-0.4, -0.2) is 11.6 Å². The Morgan fingerprint density at radius 3 is 2.73 bits per heavy atom. The van der Waals surface area contributed by atoms with Crippen LogP contribution in [-0.2, 0) is 0 Å². The predicted octanol–water partition coefficient (Wildman–Crippen LogP) is 4.74. The third kappa shape index (κ3) is 3.39. The third-order valence-corrected chi connectivity index (χ3v) is 4.82. The summed E-state index contributed by atoms with van der Waals surface area (Å²) in [6, 6.07) is 9.19. The Bertz CT molecular complexity index is 1000. The number of nitrogen functional groups attached to an aromatic ring is 1. The second-order valence-corrected chi connectivity index (χ2v) is 6.53. The highest BCUT2D eigenvalue weighted by Gasteiger charge is 2.18. The maximum Gasteiger partial charge on any atom is 0.258 e. The number of benzene rings is 2. The van der Waals surface area contributed by atoms with E-state index >= 15 is 0 Å². The highest BCUT2D eigenvalue weighted by Crippen LogP contribution is 2.25. The largest absolute Gasteiger partial charge is 0.472 e. The van der Waals surface area contributed by atoms with Gasteiger partial charge in [0.25, 0.3) is 5.91 Å². The first-order valence-corrected chi connectivity index (χ1v) is 8.44. The number of hydrogen-bond donors (Lipinski definition) is 3. The fourth-order valence-electron chi connectivity index (χ4n) is 2.54. The van der Waals surface area contributed by atoms with E-state index in [1.807, 2.05) is 0 Å². The molecule has 26 heavy (non-hydrogen) atoms. The first-order valence-electron chi connectivity index (χ1n) is 7.65. The molecule has 0 bridgehead atoms. The van der Waals surface area contributed by atoms with Gasteiger partial charge in [-0.05, 0) is 48.9 Å². The van der Waals surface area contributed by atoms with Crippen molar-refractivity contribution in [1.29, 1.82) is 5.41 Å². The van der Waals surface area contributed by atoms with Crippen molar-refractivity contribution in [3.8, 4) is 0 Å². The van der Waals surface area contributed by atoms with Gasteiger partial charge in [-0.2, -0.15) is 0 Å². The van der Waals surface area contributed by atoms with Crippen molar-refractivity contribution < 1.29 is 13.6 Å². The van der Waals surface area contributed by atoms with Crippen LogP contribution < -0.4 is 11.1 Å². The Morgan fingerprint density at radius 1 is 1.27 bits per heavy atom. The van der Waals surface area contributed by atoms with Gasteiger partial charge in [-0.15, -0.1) is 0 Å². The zero-order chi connectivity index (χ0) is 18.8. The molecule has 3 aromatic rings. The highest BCUT2D eigenvalue weighted by atomic mass is 79.9. The molecule has 1 amide bonds. The molecule has 0 radical (unpaired) electrons. The number of nitrogens with one attached hydrogen (secondary N) is 2. The van der Waals surface area contributed by atoms with Crippen LogP contribution in [0.4, 0.5) is 15.8 Å². The summed E-state index contributed by atoms with van der Waals surface area (Å²) in [5.74, 6) is -1.18. The molecule has 0 aliphatic carbocycles. The molecule has 1 heterocycles. The molecule has 0 aliphatic rings. The van der Waals surface area contributed by atoms with Crippen LogP contribution >= 0.6 is 15.9 Å². The van der Waals surface area contributed by atoms with Crippen LogP contribution in [0, 0.1) is 18.2 Å². The average Bonchev–Trinajstić information content (AvgIpc) is 3.14. The first kappa shape index (κ1) is 17.9. The molecule has 1 aromatic heterocycles. The van der Waals surface area contributed by atoms with E-state index in [-0.39, 0.29) is 11.3 Å². The number of hydrogen-bond acceptors (Lipinski definition) is 4. The van der Waals surface area contributed by atoms with Crippen LogP contribution in [0.5, 0.6) is 0 Å². The first-order chi connectivity index (χ1) is 12.4. The molecule has 0 fully saturated rings. The molecular weight excluding hydrogens is 401 g/mol. The molecule has 4 N–H and O–H groups in total. The zero-order valence-electron chi connectivity index (χ0n) is 13.8. The van der Waals surface area contributed by atoms with E-state index in [9.17, 15) is 9.18 Å². The van der Waals surface area contributed by atoms with Gasteiger partial charge in [0.2, 0.25) is 0 Å². The van der Waals surface area contributed by atoms with Gasteiger partial charge in [-0.1, -0.05) is 15.9 Å². The summed E-state index contributed by atoms with van der Waals surface area (Å²) in [7, 11) is 0. The van der Waals surface area contributed by atoms with Gasteiger partial charge in [-0.25, -0.2) is 4.39 Å². The van der Waals surface area contributed by atoms with E-state index in [1.54, 1.807) is 37.3 Å². The third-order valence-electron chi connectivity index (χ3n) is 3.97. The number of nitrogens with two attached hydrogens (primary N) is 1. The summed E-state index contributed by atoms with van der Waals surface area (Å²) in [6.07, 6.45) is 2.90. The van der Waals surface area contributed by atoms with Crippen LogP contribution in [0.3, 0.4) is 0 Å². The van der Waals surface area contributed by atoms with Gasteiger partial charge in [0.1, 0.15) is 5.82 Å². The normalized spacial score (nSPS) is 10.6. The maximum atomic E-state index is 14.1. The number of halogens is 2. The fraction of sp³-hybridized carbons (Fsp3) is 0.0526. The minimum Gasteiger partial charge on any atom is -0.472 e. The van der Waals surface area contributed by atoms with Crippen molar-refractivity contribution in [2.45, 2.75) is 6.92 Å². The summed E-state index contributed by atoms with van der Waals surface area (Å²) in [6.45, 7) is 1.66. The van der Waals surface area contributed by atoms with Gasteiger partial charge >= 0.3 is 0 Å². The Morgan fingerprint density at radius 2 is 2.04 bits per heavy atom. The highest BCUT2D eigenvalue weighted by molar-refractivity contribution is 9.10. The smallest absolute Gasteiger partial charge is 0.258 e. The van der Waals surface area contributed by atoms with Crippen molar-refractivity contribution in [3.63, 3.8) is 0 Å². The van der Waals surface area contributed by atoms with E-state index < -0.39 is 11.7 Å². The number of amides is 1. The zero-order valence-corrected chi connectivity index (χ0v) is 15.4. The molecule has 5 nitrogen and oxygen atoms in total. The van der Waals surface area contributed by atoms with Gasteiger partial charge in [0.15, 0.2) is 0 Å². The summed E-state index contributed by atoms with van der Waals surface area (Å²) >= 11 is 3.30. The second kappa shape index (κ2) is 7.13. The number of anilines is 2. The molecule has 132 valence electrons. The van der Waals surface area contributed by atoms with Gasteiger partial charge < -0.3 is 15.5 Å². The molecule has 7 heteroatoms. The molecule has 0 atom stereocenters. The molecule has 0 unspecified atom stereocenters. The summed E-state index contributed by atoms with van der Waals surface area (Å²) in [4.78, 5) is 12.5. The molecule has 0 saturated heterocycles. The van der Waals surface area contributed by atoms with E-state index in [2.05, 4.69) is 21.2 Å². The van der Waals surface area contributed by atoms with Crippen LogP contribution in [0.1, 0.15) is 27.0 Å². The summed E-state index contributed by atoms with van der Waals surface area (Å²) in [5.41, 5.74) is 8.39. The van der Waals surface area contributed by atoms with Gasteiger partial charge in [-0.3, -0.25) is 10.2 Å². The maximum absolute atomic E-state index is 14.1. The van der Waals surface area contributed by atoms with Crippen molar-refractivity contribution in [2.24, 2.45) is 0 Å². The van der Waals surface area contributed by atoms with E-state index in [0.29, 0.717) is 32.5 Å². The Hall–Kier alpha value is -2.93. The van der Waals surface area contributed by atoms with Crippen molar-refractivity contribution >= 4 is 38.9 Å². The predicted molar refractivity (Wildman–Crippen MR) is 102 cm³/mol. The second-order valence-electron chi connectivity index (χ2n) is 5.67. The lowest BCUT2D eigenvalue weighted by atomic mass is 10.0. The molecule has 0 aliphatic heterocycles. The van der Waals surface area contributed by atoms with E-state index in [4.69, 9.17) is 15.6 Å². The Labute approximate surface area is 157 Å². The van der Waals surface area contributed by atoms with Crippen molar-refractivity contribution in [2.75, 3.05) is 11.1 Å². The summed E-state index contributed by atoms with van der Waals surface area (Å²) in [5, 5.41) is 10.9. The van der Waals surface area contributed by atoms with Crippen molar-refractivity contribution in [3.05, 3.63) is 81.5 Å². The quantitative estimate of drug-likeness (QED) is 0.424. The lowest BCUT2D eigenvalue weighted by molar-refractivity contribution is 0.102. The number of carbonyl (C=O) groups excluding carboxylic acids is 1. The van der Waals surface area contributed by atoms with Gasteiger partial charge in [0.05, 0.1) is 23.8 Å². The topological polar surface area (TPSA) is 92.1 Å². The Balaban J connectivity index is 1.92.